The van der Waals surface area contributed by atoms with Gasteiger partial charge in [0.05, 0.1) is 28.2 Å². The molecule has 2 heterocycles. The molecule has 0 spiro atoms. The normalized spacial score (nSPS) is 11.0. The van der Waals surface area contributed by atoms with Crippen molar-refractivity contribution in [3.05, 3.63) is 102 Å². The molecular formula is C27H19ClN2O2. The highest BCUT2D eigenvalue weighted by Crippen LogP contribution is 2.33. The fourth-order valence-electron chi connectivity index (χ4n) is 3.93. The number of carboxylic acid groups (broad SMARTS) is 1. The van der Waals surface area contributed by atoms with Crippen molar-refractivity contribution >= 4 is 28.6 Å². The molecule has 0 amide bonds. The second-order valence-corrected chi connectivity index (χ2v) is 8.01. The van der Waals surface area contributed by atoms with Crippen LogP contribution in [-0.2, 0) is 11.2 Å². The quantitative estimate of drug-likeness (QED) is 0.315. The summed E-state index contributed by atoms with van der Waals surface area (Å²) in [5.74, 6) is -0.865. The number of rotatable bonds is 5. The minimum atomic E-state index is -0.865. The van der Waals surface area contributed by atoms with E-state index >= 15 is 0 Å². The molecule has 0 fully saturated rings. The summed E-state index contributed by atoms with van der Waals surface area (Å²) in [6.45, 7) is 0. The van der Waals surface area contributed by atoms with Crippen molar-refractivity contribution < 1.29 is 9.90 Å². The van der Waals surface area contributed by atoms with Gasteiger partial charge < -0.3 is 10.1 Å². The molecule has 3 aromatic carbocycles. The van der Waals surface area contributed by atoms with Crippen LogP contribution in [0.1, 0.15) is 5.56 Å². The maximum absolute atomic E-state index is 11.2. The predicted octanol–water partition coefficient (Wildman–Crippen LogP) is 6.84. The van der Waals surface area contributed by atoms with Gasteiger partial charge in [-0.1, -0.05) is 90.5 Å². The number of benzene rings is 3. The molecule has 0 unspecified atom stereocenters. The third kappa shape index (κ3) is 3.88. The molecule has 5 heteroatoms. The number of H-pyrrole nitrogens is 1. The first-order valence-corrected chi connectivity index (χ1v) is 10.6. The molecule has 0 saturated carbocycles. The number of carboxylic acids is 1. The lowest BCUT2D eigenvalue weighted by atomic mass is 10.0. The Morgan fingerprint density at radius 1 is 0.844 bits per heavy atom. The lowest BCUT2D eigenvalue weighted by Gasteiger charge is -2.06. The van der Waals surface area contributed by atoms with Gasteiger partial charge in [-0.2, -0.15) is 0 Å². The van der Waals surface area contributed by atoms with E-state index in [1.165, 1.54) is 0 Å². The largest absolute Gasteiger partial charge is 0.481 e. The smallest absolute Gasteiger partial charge is 0.307 e. The molecule has 0 saturated heterocycles. The Bertz CT molecular complexity index is 1420. The van der Waals surface area contributed by atoms with E-state index in [1.54, 1.807) is 0 Å². The van der Waals surface area contributed by atoms with Gasteiger partial charge in [-0.25, -0.2) is 4.98 Å². The third-order valence-electron chi connectivity index (χ3n) is 5.47. The summed E-state index contributed by atoms with van der Waals surface area (Å²) in [5.41, 5.74) is 7.92. The molecule has 5 aromatic rings. The van der Waals surface area contributed by atoms with E-state index in [2.05, 4.69) is 29.2 Å². The first-order valence-electron chi connectivity index (χ1n) is 10.2. The third-order valence-corrected chi connectivity index (χ3v) is 5.76. The number of pyridine rings is 1. The highest BCUT2D eigenvalue weighted by molar-refractivity contribution is 6.33. The Morgan fingerprint density at radius 3 is 2.25 bits per heavy atom. The maximum Gasteiger partial charge on any atom is 0.307 e. The zero-order valence-corrected chi connectivity index (χ0v) is 17.8. The second-order valence-electron chi connectivity index (χ2n) is 7.61. The van der Waals surface area contributed by atoms with Crippen LogP contribution in [0, 0.1) is 0 Å². The monoisotopic (exact) mass is 438 g/mol. The van der Waals surface area contributed by atoms with Gasteiger partial charge in [-0.3, -0.25) is 4.79 Å². The zero-order valence-electron chi connectivity index (χ0n) is 17.0. The molecule has 0 radical (unpaired) electrons. The average molecular weight is 439 g/mol. The highest BCUT2D eigenvalue weighted by Gasteiger charge is 2.14. The van der Waals surface area contributed by atoms with Crippen LogP contribution < -0.4 is 0 Å². The van der Waals surface area contributed by atoms with Crippen LogP contribution >= 0.6 is 11.6 Å². The fourth-order valence-corrected chi connectivity index (χ4v) is 4.19. The van der Waals surface area contributed by atoms with E-state index < -0.39 is 5.97 Å². The van der Waals surface area contributed by atoms with Gasteiger partial charge in [-0.15, -0.1) is 0 Å². The number of nitrogens with one attached hydrogen (secondary N) is 1. The van der Waals surface area contributed by atoms with E-state index in [0.717, 1.165) is 44.5 Å². The van der Waals surface area contributed by atoms with E-state index in [1.807, 2.05) is 66.7 Å². The summed E-state index contributed by atoms with van der Waals surface area (Å²) >= 11 is 6.59. The summed E-state index contributed by atoms with van der Waals surface area (Å²) in [4.78, 5) is 19.4. The first kappa shape index (κ1) is 20.0. The van der Waals surface area contributed by atoms with Gasteiger partial charge in [0.15, 0.2) is 0 Å². The summed E-state index contributed by atoms with van der Waals surface area (Å²) in [6.07, 6.45) is -0.0429. The van der Waals surface area contributed by atoms with Crippen LogP contribution in [0.3, 0.4) is 0 Å². The summed E-state index contributed by atoms with van der Waals surface area (Å²) in [7, 11) is 0. The molecule has 0 atom stereocenters. The second kappa shape index (κ2) is 8.33. The van der Waals surface area contributed by atoms with E-state index in [0.29, 0.717) is 10.7 Å². The van der Waals surface area contributed by atoms with Crippen LogP contribution in [0.4, 0.5) is 0 Å². The van der Waals surface area contributed by atoms with Crippen molar-refractivity contribution in [3.8, 4) is 33.6 Å². The van der Waals surface area contributed by atoms with Crippen molar-refractivity contribution in [1.29, 1.82) is 0 Å². The van der Waals surface area contributed by atoms with Crippen LogP contribution in [0.15, 0.2) is 91.0 Å². The number of nitrogens with zero attached hydrogens (tertiary/aromatic N) is 1. The molecule has 0 bridgehead atoms. The van der Waals surface area contributed by atoms with Gasteiger partial charge in [0.25, 0.3) is 0 Å². The molecule has 2 aromatic heterocycles. The van der Waals surface area contributed by atoms with E-state index in [9.17, 15) is 9.90 Å². The van der Waals surface area contributed by atoms with E-state index in [4.69, 9.17) is 16.6 Å². The fraction of sp³-hybridized carbons (Fsp3) is 0.0370. The molecule has 0 aliphatic heterocycles. The Labute approximate surface area is 190 Å². The number of hydrogen-bond donors (Lipinski definition) is 2. The first-order chi connectivity index (χ1) is 15.6. The van der Waals surface area contributed by atoms with Crippen molar-refractivity contribution in [2.45, 2.75) is 6.42 Å². The summed E-state index contributed by atoms with van der Waals surface area (Å²) < 4.78 is 0. The van der Waals surface area contributed by atoms with Crippen LogP contribution in [0.5, 0.6) is 0 Å². The predicted molar refractivity (Wildman–Crippen MR) is 129 cm³/mol. The number of hydrogen-bond acceptors (Lipinski definition) is 2. The van der Waals surface area contributed by atoms with Crippen LogP contribution in [0.25, 0.3) is 44.7 Å². The number of aromatic nitrogens is 2. The molecular weight excluding hydrogens is 420 g/mol. The Hall–Kier alpha value is -3.89. The number of carbonyl (C=O) groups is 1. The van der Waals surface area contributed by atoms with Crippen molar-refractivity contribution in [3.63, 3.8) is 0 Å². The molecule has 0 aliphatic carbocycles. The molecule has 156 valence electrons. The number of aliphatic carboxylic acids is 1. The zero-order chi connectivity index (χ0) is 22.1. The van der Waals surface area contributed by atoms with Gasteiger partial charge in [0.2, 0.25) is 0 Å². The van der Waals surface area contributed by atoms with Crippen molar-refractivity contribution in [1.82, 2.24) is 9.97 Å². The summed E-state index contributed by atoms with van der Waals surface area (Å²) in [6, 6.07) is 29.7. The minimum absolute atomic E-state index is 0.0429. The number of halogens is 1. The molecule has 0 aliphatic rings. The van der Waals surface area contributed by atoms with Crippen LogP contribution in [0.2, 0.25) is 5.02 Å². The molecule has 4 nitrogen and oxygen atoms in total. The van der Waals surface area contributed by atoms with Gasteiger partial charge in [0, 0.05) is 16.8 Å². The highest BCUT2D eigenvalue weighted by atomic mass is 35.5. The van der Waals surface area contributed by atoms with Crippen molar-refractivity contribution in [2.24, 2.45) is 0 Å². The van der Waals surface area contributed by atoms with Gasteiger partial charge in [0.1, 0.15) is 0 Å². The molecule has 2 N–H and O–H groups in total. The maximum atomic E-state index is 11.2. The van der Waals surface area contributed by atoms with E-state index in [-0.39, 0.29) is 6.42 Å². The molecule has 5 rings (SSSR count). The number of aromatic amines is 1. The Balaban J connectivity index is 1.53. The van der Waals surface area contributed by atoms with Gasteiger partial charge in [-0.05, 0) is 28.8 Å². The van der Waals surface area contributed by atoms with Crippen molar-refractivity contribution in [2.75, 3.05) is 0 Å². The lowest BCUT2D eigenvalue weighted by molar-refractivity contribution is -0.136. The minimum Gasteiger partial charge on any atom is -0.481 e. The topological polar surface area (TPSA) is 66.0 Å². The Morgan fingerprint density at radius 2 is 1.50 bits per heavy atom. The van der Waals surface area contributed by atoms with Crippen LogP contribution in [-0.4, -0.2) is 21.0 Å². The standard InChI is InChI=1S/C27H19ClN2O2/c28-22-15-24-25(16-23(29-24)21-9-5-4-8-20(21)14-26(31)32)30-27(22)19-12-10-18(11-13-19)17-6-2-1-3-7-17/h1-13,15-16,29H,14H2,(H,31,32). The SMILES string of the molecule is O=C(O)Cc1ccccc1-c1cc2nc(-c3ccc(-c4ccccc4)cc3)c(Cl)cc2[nH]1. The van der Waals surface area contributed by atoms with Gasteiger partial charge >= 0.3 is 5.97 Å². The number of fused-ring (bicyclic) bond motifs is 1. The lowest BCUT2D eigenvalue weighted by Crippen LogP contribution is -2.01. The average Bonchev–Trinajstić information content (AvgIpc) is 3.22. The Kier molecular flexibility index (Phi) is 5.21. The summed E-state index contributed by atoms with van der Waals surface area (Å²) in [5, 5.41) is 9.78. The molecule has 32 heavy (non-hydrogen) atoms.